The van der Waals surface area contributed by atoms with Crippen LogP contribution in [0.5, 0.6) is 0 Å². The molecular weight excluding hydrogens is 504 g/mol. The van der Waals surface area contributed by atoms with Crippen molar-refractivity contribution in [1.29, 1.82) is 0 Å². The molecule has 0 spiro atoms. The van der Waals surface area contributed by atoms with Crippen LogP contribution in [0.4, 0.5) is 17.3 Å². The number of pyridine rings is 1. The largest absolute Gasteiger partial charge is 0.378 e. The molecule has 1 aromatic carbocycles. The van der Waals surface area contributed by atoms with Crippen molar-refractivity contribution in [2.24, 2.45) is 4.36 Å². The summed E-state index contributed by atoms with van der Waals surface area (Å²) in [6, 6.07) is 13.5. The molecule has 3 aromatic heterocycles. The van der Waals surface area contributed by atoms with E-state index in [1.165, 1.54) is 10.9 Å². The summed E-state index contributed by atoms with van der Waals surface area (Å²) in [7, 11) is -2.27. The molecule has 0 amide bonds. The zero-order chi connectivity index (χ0) is 26.7. The molecule has 1 fully saturated rings. The summed E-state index contributed by atoms with van der Waals surface area (Å²) in [5.41, 5.74) is 2.75. The fourth-order valence-corrected chi connectivity index (χ4v) is 4.65. The van der Waals surface area contributed by atoms with Gasteiger partial charge in [-0.05, 0) is 36.4 Å². The first-order valence-electron chi connectivity index (χ1n) is 12.2. The molecule has 5 rings (SSSR count). The molecule has 38 heavy (non-hydrogen) atoms. The zero-order valence-corrected chi connectivity index (χ0v) is 22.2. The number of ether oxygens (including phenoxy) is 1. The Kier molecular flexibility index (Phi) is 7.25. The number of nitrogens with one attached hydrogen (secondary N) is 1. The van der Waals surface area contributed by atoms with Crippen LogP contribution in [0.1, 0.15) is 5.69 Å². The molecular formula is C26H30N8O3S. The lowest BCUT2D eigenvalue weighted by Crippen LogP contribution is -2.36. The molecule has 1 saturated heterocycles. The van der Waals surface area contributed by atoms with Gasteiger partial charge >= 0.3 is 0 Å². The number of hydrogen-bond donors (Lipinski definition) is 1. The van der Waals surface area contributed by atoms with Crippen LogP contribution in [-0.2, 0) is 27.6 Å². The highest BCUT2D eigenvalue weighted by Gasteiger charge is 2.18. The van der Waals surface area contributed by atoms with Gasteiger partial charge in [-0.2, -0.15) is 4.98 Å². The van der Waals surface area contributed by atoms with Crippen molar-refractivity contribution in [3.05, 3.63) is 77.4 Å². The summed E-state index contributed by atoms with van der Waals surface area (Å²) in [6.07, 6.45) is 6.33. The smallest absolute Gasteiger partial charge is 0.278 e. The summed E-state index contributed by atoms with van der Waals surface area (Å²) in [4.78, 5) is 29.2. The van der Waals surface area contributed by atoms with Crippen molar-refractivity contribution in [2.45, 2.75) is 13.1 Å². The lowest BCUT2D eigenvalue weighted by molar-refractivity contribution is 0.122. The van der Waals surface area contributed by atoms with Gasteiger partial charge in [0.25, 0.3) is 5.56 Å². The fourth-order valence-electron chi connectivity index (χ4n) is 4.21. The van der Waals surface area contributed by atoms with Crippen LogP contribution in [0.2, 0.25) is 0 Å². The van der Waals surface area contributed by atoms with Crippen molar-refractivity contribution < 1.29 is 8.95 Å². The molecule has 4 aromatic rings. The van der Waals surface area contributed by atoms with Crippen LogP contribution < -0.4 is 15.8 Å². The number of fused-ring (bicyclic) bond motifs is 1. The van der Waals surface area contributed by atoms with Crippen molar-refractivity contribution in [2.75, 3.05) is 49.0 Å². The molecule has 0 radical (unpaired) electrons. The Morgan fingerprint density at radius 2 is 1.89 bits per heavy atom. The number of nitrogens with zero attached hydrogens (tertiary/aromatic N) is 7. The van der Waals surface area contributed by atoms with E-state index in [1.54, 1.807) is 29.3 Å². The van der Waals surface area contributed by atoms with Gasteiger partial charge in [-0.15, -0.1) is 6.58 Å². The molecule has 198 valence electrons. The van der Waals surface area contributed by atoms with E-state index < -0.39 is 9.73 Å². The average Bonchev–Trinajstić information content (AvgIpc) is 3.19. The van der Waals surface area contributed by atoms with Gasteiger partial charge in [0, 0.05) is 52.9 Å². The van der Waals surface area contributed by atoms with E-state index in [0.717, 1.165) is 37.7 Å². The second-order valence-corrected chi connectivity index (χ2v) is 11.8. The van der Waals surface area contributed by atoms with E-state index >= 15 is 0 Å². The van der Waals surface area contributed by atoms with Gasteiger partial charge in [0.1, 0.15) is 5.39 Å². The molecule has 1 aliphatic heterocycles. The van der Waals surface area contributed by atoms with Crippen molar-refractivity contribution >= 4 is 38.1 Å². The predicted octanol–water partition coefficient (Wildman–Crippen LogP) is 2.97. The monoisotopic (exact) mass is 534 g/mol. The summed E-state index contributed by atoms with van der Waals surface area (Å²) in [5.74, 6) is 0.842. The molecule has 12 heteroatoms. The van der Waals surface area contributed by atoms with Crippen LogP contribution in [0.25, 0.3) is 16.9 Å². The second kappa shape index (κ2) is 10.8. The molecule has 11 nitrogen and oxygen atoms in total. The quantitative estimate of drug-likeness (QED) is 0.343. The normalized spacial score (nSPS) is 14.0. The Labute approximate surface area is 221 Å². The molecule has 0 atom stereocenters. The number of allylic oxidation sites excluding steroid dienone is 1. The second-order valence-electron chi connectivity index (χ2n) is 9.15. The van der Waals surface area contributed by atoms with Crippen LogP contribution in [0.15, 0.2) is 70.5 Å². The minimum atomic E-state index is -2.27. The number of hydrogen-bond acceptors (Lipinski definition) is 9. The maximum atomic E-state index is 13.2. The topological polar surface area (TPSA) is 120 Å². The maximum absolute atomic E-state index is 13.2. The summed E-state index contributed by atoms with van der Waals surface area (Å²) < 4.78 is 24.9. The van der Waals surface area contributed by atoms with Gasteiger partial charge in [-0.3, -0.25) is 9.00 Å². The Morgan fingerprint density at radius 3 is 2.61 bits per heavy atom. The third-order valence-corrected chi connectivity index (χ3v) is 6.77. The first kappa shape index (κ1) is 25.6. The van der Waals surface area contributed by atoms with Crippen LogP contribution in [0, 0.1) is 0 Å². The van der Waals surface area contributed by atoms with E-state index in [-0.39, 0.29) is 18.6 Å². The Bertz CT molecular complexity index is 1640. The molecule has 0 unspecified atom stereocenters. The van der Waals surface area contributed by atoms with Gasteiger partial charge in [-0.25, -0.2) is 23.7 Å². The summed E-state index contributed by atoms with van der Waals surface area (Å²) in [6.45, 7) is 7.44. The van der Waals surface area contributed by atoms with E-state index in [4.69, 9.17) is 4.74 Å². The summed E-state index contributed by atoms with van der Waals surface area (Å²) >= 11 is 0. The molecule has 0 aliphatic carbocycles. The van der Waals surface area contributed by atoms with Crippen molar-refractivity contribution in [1.82, 2.24) is 24.3 Å². The lowest BCUT2D eigenvalue weighted by atomic mass is 10.2. The van der Waals surface area contributed by atoms with E-state index in [0.29, 0.717) is 28.5 Å². The Balaban J connectivity index is 1.50. The number of anilines is 3. The van der Waals surface area contributed by atoms with E-state index in [1.807, 2.05) is 36.4 Å². The van der Waals surface area contributed by atoms with Gasteiger partial charge in [0.2, 0.25) is 5.95 Å². The van der Waals surface area contributed by atoms with Gasteiger partial charge in [0.05, 0.1) is 32.0 Å². The van der Waals surface area contributed by atoms with Crippen LogP contribution >= 0.6 is 0 Å². The van der Waals surface area contributed by atoms with Crippen molar-refractivity contribution in [3.63, 3.8) is 0 Å². The Hall–Kier alpha value is -4.03. The van der Waals surface area contributed by atoms with Crippen molar-refractivity contribution in [3.8, 4) is 5.82 Å². The molecule has 0 saturated carbocycles. The summed E-state index contributed by atoms with van der Waals surface area (Å²) in [5, 5.41) is 3.60. The third-order valence-electron chi connectivity index (χ3n) is 6.02. The molecule has 4 heterocycles. The average molecular weight is 535 g/mol. The highest BCUT2D eigenvalue weighted by molar-refractivity contribution is 7.92. The number of aromatic nitrogens is 5. The van der Waals surface area contributed by atoms with Crippen LogP contribution in [-0.4, -0.2) is 67.3 Å². The lowest BCUT2D eigenvalue weighted by Gasteiger charge is -2.28. The first-order valence-corrected chi connectivity index (χ1v) is 14.5. The highest BCUT2D eigenvalue weighted by Crippen LogP contribution is 2.22. The molecule has 0 bridgehead atoms. The molecule has 1 N–H and O–H groups in total. The van der Waals surface area contributed by atoms with Gasteiger partial charge in [-0.1, -0.05) is 12.1 Å². The van der Waals surface area contributed by atoms with Crippen LogP contribution in [0.3, 0.4) is 0 Å². The van der Waals surface area contributed by atoms with E-state index in [2.05, 4.69) is 36.1 Å². The maximum Gasteiger partial charge on any atom is 0.278 e. The SMILES string of the molecule is C=CCn1c(=O)c2cnc(Nc3ccc(N4CCOCC4)cc3)nc2n1-c1cccc(CN=S(C)(C)=O)n1. The third kappa shape index (κ3) is 5.60. The fraction of sp³-hybridized carbons (Fsp3) is 0.308. The van der Waals surface area contributed by atoms with Gasteiger partial charge < -0.3 is 15.0 Å². The standard InChI is InChI=1S/C26H30N8O3S/c1-4-12-33-25(35)22-18-27-26(30-19-8-10-21(11-9-19)32-13-15-37-16-14-32)31-24(22)34(33)23-7-5-6-20(29-23)17-28-38(2,3)36/h4-11,18H,1,12-17H2,2-3H3,(H,27,30,31). The molecule has 1 aliphatic rings. The highest BCUT2D eigenvalue weighted by atomic mass is 32.2. The Morgan fingerprint density at radius 1 is 1.13 bits per heavy atom. The minimum absolute atomic E-state index is 0.201. The number of rotatable bonds is 8. The minimum Gasteiger partial charge on any atom is -0.378 e. The van der Waals surface area contributed by atoms with E-state index in [9.17, 15) is 9.00 Å². The van der Waals surface area contributed by atoms with Gasteiger partial charge in [0.15, 0.2) is 11.5 Å². The first-order chi connectivity index (χ1) is 18.3. The number of morpholine rings is 1. The zero-order valence-electron chi connectivity index (χ0n) is 21.4. The predicted molar refractivity (Wildman–Crippen MR) is 150 cm³/mol. The number of benzene rings is 1.